The number of nitriles is 1. The molecule has 0 aliphatic carbocycles. The molecule has 2 unspecified atom stereocenters. The van der Waals surface area contributed by atoms with Gasteiger partial charge < -0.3 is 9.42 Å². The van der Waals surface area contributed by atoms with E-state index in [1.807, 2.05) is 53.1 Å². The van der Waals surface area contributed by atoms with Gasteiger partial charge in [0.2, 0.25) is 0 Å². The van der Waals surface area contributed by atoms with Crippen molar-refractivity contribution in [3.63, 3.8) is 0 Å². The van der Waals surface area contributed by atoms with E-state index >= 15 is 0 Å². The van der Waals surface area contributed by atoms with Crippen LogP contribution in [0, 0.1) is 16.7 Å². The lowest BCUT2D eigenvalue weighted by Crippen LogP contribution is -2.36. The lowest BCUT2D eigenvalue weighted by Gasteiger charge is -2.37. The summed E-state index contributed by atoms with van der Waals surface area (Å²) in [5.74, 6) is 0. The Balaban J connectivity index is 4.78. The lowest BCUT2D eigenvalue weighted by molar-refractivity contribution is 0.0735. The van der Waals surface area contributed by atoms with Gasteiger partial charge in [0.15, 0.2) is 0 Å². The summed E-state index contributed by atoms with van der Waals surface area (Å²) in [5.41, 5.74) is -0.154. The molecule has 106 valence electrons. The second-order valence-corrected chi connectivity index (χ2v) is 7.32. The second kappa shape index (κ2) is 7.40. The molecule has 0 bridgehead atoms. The molecule has 1 N–H and O–H groups in total. The molecular formula is C13H27N2O2P. The standard InChI is InChI=1S/C13H27N2O2P/c1-10(2)15(11(3)4)18(16)17-12(8-9-14)13(5,6)7/h10-12,16H,8H2,1-7H3. The van der Waals surface area contributed by atoms with Crippen LogP contribution in [0.2, 0.25) is 0 Å². The van der Waals surface area contributed by atoms with Gasteiger partial charge in [0.1, 0.15) is 0 Å². The third kappa shape index (κ3) is 5.63. The molecule has 0 heterocycles. The fourth-order valence-electron chi connectivity index (χ4n) is 1.74. The maximum atomic E-state index is 10.3. The predicted molar refractivity (Wildman–Crippen MR) is 75.8 cm³/mol. The van der Waals surface area contributed by atoms with E-state index in [4.69, 9.17) is 9.79 Å². The van der Waals surface area contributed by atoms with Crippen LogP contribution in [0.5, 0.6) is 0 Å². The van der Waals surface area contributed by atoms with E-state index in [-0.39, 0.29) is 23.6 Å². The van der Waals surface area contributed by atoms with Gasteiger partial charge in [-0.05, 0) is 33.1 Å². The Morgan fingerprint density at radius 3 is 1.94 bits per heavy atom. The number of hydrogen-bond donors (Lipinski definition) is 1. The van der Waals surface area contributed by atoms with Gasteiger partial charge in [-0.2, -0.15) is 5.26 Å². The topological polar surface area (TPSA) is 56.5 Å². The molecule has 0 rings (SSSR count). The van der Waals surface area contributed by atoms with Crippen LogP contribution in [-0.2, 0) is 4.52 Å². The Morgan fingerprint density at radius 2 is 1.67 bits per heavy atom. The molecule has 0 amide bonds. The largest absolute Gasteiger partial charge is 0.338 e. The molecule has 0 saturated carbocycles. The van der Waals surface area contributed by atoms with Crippen molar-refractivity contribution in [2.75, 3.05) is 0 Å². The molecule has 0 saturated heterocycles. The van der Waals surface area contributed by atoms with Crippen molar-refractivity contribution in [2.24, 2.45) is 5.41 Å². The van der Waals surface area contributed by atoms with E-state index in [1.165, 1.54) is 0 Å². The molecule has 0 aromatic heterocycles. The van der Waals surface area contributed by atoms with E-state index in [0.29, 0.717) is 6.42 Å². The third-order valence-corrected chi connectivity index (χ3v) is 4.48. The summed E-state index contributed by atoms with van der Waals surface area (Å²) in [6.07, 6.45) is 0.0472. The van der Waals surface area contributed by atoms with Gasteiger partial charge in [-0.1, -0.05) is 20.8 Å². The highest BCUT2D eigenvalue weighted by Gasteiger charge is 2.32. The minimum Gasteiger partial charge on any atom is -0.338 e. The summed E-state index contributed by atoms with van der Waals surface area (Å²) in [6.45, 7) is 14.2. The summed E-state index contributed by atoms with van der Waals surface area (Å²) in [5, 5.41) is 8.85. The maximum absolute atomic E-state index is 10.3. The summed E-state index contributed by atoms with van der Waals surface area (Å²) < 4.78 is 7.71. The Bertz CT molecular complexity index is 274. The Labute approximate surface area is 113 Å². The van der Waals surface area contributed by atoms with Crippen molar-refractivity contribution in [2.45, 2.75) is 73.1 Å². The molecule has 0 spiro atoms. The van der Waals surface area contributed by atoms with E-state index in [1.54, 1.807) is 0 Å². The highest BCUT2D eigenvalue weighted by Crippen LogP contribution is 2.45. The maximum Gasteiger partial charge on any atom is 0.256 e. The first-order valence-electron chi connectivity index (χ1n) is 6.42. The minimum absolute atomic E-state index is 0.154. The molecule has 0 radical (unpaired) electrons. The summed E-state index contributed by atoms with van der Waals surface area (Å²) in [6, 6.07) is 2.56. The minimum atomic E-state index is -1.66. The zero-order valence-electron chi connectivity index (χ0n) is 12.6. The van der Waals surface area contributed by atoms with Crippen LogP contribution in [0.25, 0.3) is 0 Å². The molecule has 4 nitrogen and oxygen atoms in total. The predicted octanol–water partition coefficient (Wildman–Crippen LogP) is 3.67. The van der Waals surface area contributed by atoms with E-state index in [2.05, 4.69) is 6.07 Å². The monoisotopic (exact) mass is 274 g/mol. The number of hydrogen-bond acceptors (Lipinski definition) is 4. The SMILES string of the molecule is CC(C)N(C(C)C)P(O)OC(CC#N)C(C)(C)C. The number of rotatable bonds is 6. The van der Waals surface area contributed by atoms with Crippen molar-refractivity contribution in [3.05, 3.63) is 0 Å². The van der Waals surface area contributed by atoms with Gasteiger partial charge in [-0.3, -0.25) is 0 Å². The molecule has 2 atom stereocenters. The molecule has 18 heavy (non-hydrogen) atoms. The van der Waals surface area contributed by atoms with Crippen LogP contribution in [0.4, 0.5) is 0 Å². The van der Waals surface area contributed by atoms with E-state index in [9.17, 15) is 4.89 Å². The molecule has 5 heteroatoms. The smallest absolute Gasteiger partial charge is 0.256 e. The first kappa shape index (κ1) is 17.8. The van der Waals surface area contributed by atoms with Crippen LogP contribution in [0.15, 0.2) is 0 Å². The molecule has 0 aromatic rings. The van der Waals surface area contributed by atoms with Crippen LogP contribution >= 0.6 is 8.53 Å². The lowest BCUT2D eigenvalue weighted by atomic mass is 9.88. The quantitative estimate of drug-likeness (QED) is 0.751. The van der Waals surface area contributed by atoms with Crippen molar-refractivity contribution < 1.29 is 9.42 Å². The normalized spacial score (nSPS) is 16.1. The molecule has 0 fully saturated rings. The Morgan fingerprint density at radius 1 is 1.22 bits per heavy atom. The van der Waals surface area contributed by atoms with Gasteiger partial charge in [0, 0.05) is 12.1 Å². The fraction of sp³-hybridized carbons (Fsp3) is 0.923. The first-order valence-corrected chi connectivity index (χ1v) is 7.58. The molecular weight excluding hydrogens is 247 g/mol. The Kier molecular flexibility index (Phi) is 7.32. The van der Waals surface area contributed by atoms with Crippen molar-refractivity contribution >= 4 is 8.53 Å². The van der Waals surface area contributed by atoms with Crippen LogP contribution in [0.3, 0.4) is 0 Å². The van der Waals surface area contributed by atoms with Crippen LogP contribution < -0.4 is 0 Å². The highest BCUT2D eigenvalue weighted by molar-refractivity contribution is 7.43. The van der Waals surface area contributed by atoms with Gasteiger partial charge in [0.05, 0.1) is 18.6 Å². The fourth-order valence-corrected chi connectivity index (χ4v) is 3.26. The van der Waals surface area contributed by atoms with Gasteiger partial charge in [0.25, 0.3) is 8.53 Å². The average Bonchev–Trinajstić information content (AvgIpc) is 2.13. The second-order valence-electron chi connectivity index (χ2n) is 6.14. The van der Waals surface area contributed by atoms with Crippen molar-refractivity contribution in [1.82, 2.24) is 4.67 Å². The molecule has 0 aliphatic heterocycles. The summed E-state index contributed by atoms with van der Waals surface area (Å²) in [4.78, 5) is 10.3. The average molecular weight is 274 g/mol. The van der Waals surface area contributed by atoms with Gasteiger partial charge >= 0.3 is 0 Å². The summed E-state index contributed by atoms with van der Waals surface area (Å²) >= 11 is 0. The summed E-state index contributed by atoms with van der Waals surface area (Å²) in [7, 11) is -1.66. The van der Waals surface area contributed by atoms with E-state index < -0.39 is 8.53 Å². The van der Waals surface area contributed by atoms with Crippen LogP contribution in [0.1, 0.15) is 54.9 Å². The molecule has 0 aromatic carbocycles. The van der Waals surface area contributed by atoms with Gasteiger partial charge in [-0.15, -0.1) is 0 Å². The number of nitrogens with zero attached hydrogens (tertiary/aromatic N) is 2. The first-order chi connectivity index (χ1) is 8.11. The van der Waals surface area contributed by atoms with E-state index in [0.717, 1.165) is 0 Å². The van der Waals surface area contributed by atoms with Crippen molar-refractivity contribution in [1.29, 1.82) is 5.26 Å². The van der Waals surface area contributed by atoms with Crippen LogP contribution in [-0.4, -0.2) is 27.8 Å². The molecule has 0 aliphatic rings. The highest BCUT2D eigenvalue weighted by atomic mass is 31.2. The Hall–Kier alpha value is -0.200. The zero-order chi connectivity index (χ0) is 14.5. The van der Waals surface area contributed by atoms with Gasteiger partial charge in [-0.25, -0.2) is 4.67 Å². The zero-order valence-corrected chi connectivity index (χ0v) is 13.5. The van der Waals surface area contributed by atoms with Crippen molar-refractivity contribution in [3.8, 4) is 6.07 Å². The third-order valence-electron chi connectivity index (χ3n) is 2.72.